The highest BCUT2D eigenvalue weighted by Gasteiger charge is 2.44. The van der Waals surface area contributed by atoms with Crippen LogP contribution in [0, 0.1) is 17.6 Å². The molecule has 0 aromatic heterocycles. The number of halogens is 2. The average molecular weight is 450 g/mol. The lowest BCUT2D eigenvalue weighted by atomic mass is 9.77. The van der Waals surface area contributed by atoms with Gasteiger partial charge in [0.15, 0.2) is 0 Å². The van der Waals surface area contributed by atoms with Crippen LogP contribution < -0.4 is 0 Å². The Morgan fingerprint density at radius 3 is 2.36 bits per heavy atom. The molecular weight excluding hydrogens is 424 g/mol. The Morgan fingerprint density at radius 1 is 1.00 bits per heavy atom. The fraction of sp³-hybridized carbons (Fsp3) is 0.346. The number of fused-ring (bicyclic) bond motifs is 1. The molecule has 33 heavy (non-hydrogen) atoms. The lowest BCUT2D eigenvalue weighted by molar-refractivity contribution is -0.140. The zero-order chi connectivity index (χ0) is 22.9. The van der Waals surface area contributed by atoms with Gasteiger partial charge in [-0.15, -0.1) is 0 Å². The summed E-state index contributed by atoms with van der Waals surface area (Å²) in [4.78, 5) is 27.0. The zero-order valence-corrected chi connectivity index (χ0v) is 18.2. The molecule has 2 amide bonds. The standard InChI is InChI=1S/C26H25F2N3O2/c27-20-10-6-17(7-11-20)15-19-3-1-4-22-25(19)29-31(24(33)16-30-14-2-5-23(30)32)26(22)18-8-12-21(28)13-9-18/h6-13,15,22,26H,1-5,14,16H2. The Morgan fingerprint density at radius 2 is 1.70 bits per heavy atom. The van der Waals surface area contributed by atoms with Gasteiger partial charge in [0, 0.05) is 18.9 Å². The molecule has 7 heteroatoms. The minimum absolute atomic E-state index is 0.00294. The molecule has 2 aromatic rings. The van der Waals surface area contributed by atoms with Crippen LogP contribution in [0.4, 0.5) is 8.78 Å². The third-order valence-electron chi connectivity index (χ3n) is 6.68. The summed E-state index contributed by atoms with van der Waals surface area (Å²) in [6.45, 7) is 0.576. The van der Waals surface area contributed by atoms with Gasteiger partial charge in [-0.1, -0.05) is 24.3 Å². The average Bonchev–Trinajstić information content (AvgIpc) is 3.40. The number of hydrogen-bond donors (Lipinski definition) is 0. The van der Waals surface area contributed by atoms with E-state index in [1.165, 1.54) is 29.3 Å². The first kappa shape index (κ1) is 21.5. The molecule has 2 aromatic carbocycles. The highest BCUT2D eigenvalue weighted by atomic mass is 19.1. The number of hydrazone groups is 1. The van der Waals surface area contributed by atoms with E-state index in [4.69, 9.17) is 5.10 Å². The van der Waals surface area contributed by atoms with Crippen molar-refractivity contribution >= 4 is 23.6 Å². The minimum Gasteiger partial charge on any atom is -0.333 e. The van der Waals surface area contributed by atoms with Gasteiger partial charge in [0.05, 0.1) is 11.8 Å². The van der Waals surface area contributed by atoms with Crippen LogP contribution in [-0.2, 0) is 9.59 Å². The molecule has 2 heterocycles. The van der Waals surface area contributed by atoms with Crippen LogP contribution in [0.25, 0.3) is 6.08 Å². The number of hydrogen-bond acceptors (Lipinski definition) is 3. The normalized spacial score (nSPS) is 23.8. The van der Waals surface area contributed by atoms with Gasteiger partial charge in [-0.3, -0.25) is 9.59 Å². The van der Waals surface area contributed by atoms with E-state index in [1.807, 2.05) is 6.08 Å². The molecule has 5 nitrogen and oxygen atoms in total. The summed E-state index contributed by atoms with van der Waals surface area (Å²) in [6, 6.07) is 12.2. The molecule has 1 saturated heterocycles. The van der Waals surface area contributed by atoms with Crippen LogP contribution in [0.2, 0.25) is 0 Å². The number of nitrogens with zero attached hydrogens (tertiary/aromatic N) is 3. The summed E-state index contributed by atoms with van der Waals surface area (Å²) in [5, 5.41) is 6.28. The van der Waals surface area contributed by atoms with Gasteiger partial charge in [0.2, 0.25) is 5.91 Å². The summed E-state index contributed by atoms with van der Waals surface area (Å²) in [7, 11) is 0. The molecule has 2 fully saturated rings. The highest BCUT2D eigenvalue weighted by molar-refractivity contribution is 6.08. The minimum atomic E-state index is -0.345. The van der Waals surface area contributed by atoms with Crippen molar-refractivity contribution in [1.82, 2.24) is 9.91 Å². The second-order valence-electron chi connectivity index (χ2n) is 8.86. The SMILES string of the molecule is O=C1CCCN1CC(=O)N1N=C2C(=Cc3ccc(F)cc3)CCCC2C1c1ccc(F)cc1. The van der Waals surface area contributed by atoms with Gasteiger partial charge < -0.3 is 4.90 Å². The van der Waals surface area contributed by atoms with Crippen molar-refractivity contribution in [1.29, 1.82) is 0 Å². The first-order valence-electron chi connectivity index (χ1n) is 11.4. The molecule has 5 rings (SSSR count). The molecule has 2 aliphatic heterocycles. The maximum absolute atomic E-state index is 13.6. The topological polar surface area (TPSA) is 53.0 Å². The Labute approximate surface area is 191 Å². The molecule has 2 unspecified atom stereocenters. The Kier molecular flexibility index (Phi) is 5.79. The van der Waals surface area contributed by atoms with Crippen molar-refractivity contribution in [3.05, 3.63) is 76.9 Å². The zero-order valence-electron chi connectivity index (χ0n) is 18.2. The van der Waals surface area contributed by atoms with E-state index in [0.29, 0.717) is 13.0 Å². The van der Waals surface area contributed by atoms with Crippen molar-refractivity contribution in [3.8, 4) is 0 Å². The van der Waals surface area contributed by atoms with Gasteiger partial charge in [-0.2, -0.15) is 5.10 Å². The largest absolute Gasteiger partial charge is 0.333 e. The number of amides is 2. The summed E-state index contributed by atoms with van der Waals surface area (Å²) < 4.78 is 27.0. The second-order valence-corrected chi connectivity index (χ2v) is 8.86. The van der Waals surface area contributed by atoms with Crippen LogP contribution >= 0.6 is 0 Å². The maximum atomic E-state index is 13.6. The third kappa shape index (κ3) is 4.32. The molecule has 0 radical (unpaired) electrons. The molecule has 0 N–H and O–H groups in total. The van der Waals surface area contributed by atoms with Crippen molar-refractivity contribution in [3.63, 3.8) is 0 Å². The number of likely N-dealkylation sites (tertiary alicyclic amines) is 1. The number of carbonyl (C=O) groups excluding carboxylic acids is 2. The van der Waals surface area contributed by atoms with Crippen molar-refractivity contribution < 1.29 is 18.4 Å². The monoisotopic (exact) mass is 449 g/mol. The number of benzene rings is 2. The van der Waals surface area contributed by atoms with Crippen LogP contribution in [0.3, 0.4) is 0 Å². The van der Waals surface area contributed by atoms with Crippen molar-refractivity contribution in [2.24, 2.45) is 11.0 Å². The number of allylic oxidation sites excluding steroid dienone is 1. The predicted octanol–water partition coefficient (Wildman–Crippen LogP) is 4.71. The smallest absolute Gasteiger partial charge is 0.262 e. The molecule has 0 bridgehead atoms. The fourth-order valence-corrected chi connectivity index (χ4v) is 5.07. The quantitative estimate of drug-likeness (QED) is 0.679. The van der Waals surface area contributed by atoms with Gasteiger partial charge in [0.1, 0.15) is 18.2 Å². The van der Waals surface area contributed by atoms with Gasteiger partial charge in [-0.25, -0.2) is 13.8 Å². The summed E-state index contributed by atoms with van der Waals surface area (Å²) >= 11 is 0. The molecule has 2 atom stereocenters. The molecule has 3 aliphatic rings. The van der Waals surface area contributed by atoms with Crippen molar-refractivity contribution in [2.75, 3.05) is 13.1 Å². The lowest BCUT2D eigenvalue weighted by Crippen LogP contribution is -2.40. The van der Waals surface area contributed by atoms with Gasteiger partial charge >= 0.3 is 0 Å². The fourth-order valence-electron chi connectivity index (χ4n) is 5.07. The van der Waals surface area contributed by atoms with E-state index in [-0.39, 0.29) is 42.0 Å². The third-order valence-corrected chi connectivity index (χ3v) is 6.68. The summed E-state index contributed by atoms with van der Waals surface area (Å²) in [6.07, 6.45) is 5.83. The molecular formula is C26H25F2N3O2. The molecule has 1 aliphatic carbocycles. The van der Waals surface area contributed by atoms with Crippen LogP contribution in [-0.4, -0.2) is 40.5 Å². The van der Waals surface area contributed by atoms with Crippen LogP contribution in [0.5, 0.6) is 0 Å². The van der Waals surface area contributed by atoms with E-state index >= 15 is 0 Å². The predicted molar refractivity (Wildman–Crippen MR) is 121 cm³/mol. The van der Waals surface area contributed by atoms with Crippen LogP contribution in [0.1, 0.15) is 49.3 Å². The van der Waals surface area contributed by atoms with Crippen molar-refractivity contribution in [2.45, 2.75) is 38.1 Å². The molecule has 1 saturated carbocycles. The van der Waals surface area contributed by atoms with E-state index < -0.39 is 0 Å². The molecule has 0 spiro atoms. The first-order chi connectivity index (χ1) is 16.0. The van der Waals surface area contributed by atoms with Crippen LogP contribution in [0.15, 0.2) is 59.2 Å². The van der Waals surface area contributed by atoms with E-state index in [9.17, 15) is 18.4 Å². The Hall–Kier alpha value is -3.35. The van der Waals surface area contributed by atoms with E-state index in [2.05, 4.69) is 0 Å². The van der Waals surface area contributed by atoms with E-state index in [1.54, 1.807) is 29.2 Å². The maximum Gasteiger partial charge on any atom is 0.262 e. The Balaban J connectivity index is 1.50. The Bertz CT molecular complexity index is 1130. The number of rotatable bonds is 4. The van der Waals surface area contributed by atoms with E-state index in [0.717, 1.165) is 48.1 Å². The lowest BCUT2D eigenvalue weighted by Gasteiger charge is -2.30. The summed E-state index contributed by atoms with van der Waals surface area (Å²) in [5.74, 6) is -0.889. The van der Waals surface area contributed by atoms with Gasteiger partial charge in [0.25, 0.3) is 5.91 Å². The van der Waals surface area contributed by atoms with Gasteiger partial charge in [-0.05, 0) is 72.7 Å². The first-order valence-corrected chi connectivity index (χ1v) is 11.4. The second kappa shape index (κ2) is 8.89. The number of carbonyl (C=O) groups is 2. The molecule has 170 valence electrons. The summed E-state index contributed by atoms with van der Waals surface area (Å²) in [5.41, 5.74) is 3.57. The highest BCUT2D eigenvalue weighted by Crippen LogP contribution is 2.44.